The van der Waals surface area contributed by atoms with Crippen molar-refractivity contribution in [1.29, 1.82) is 0 Å². The summed E-state index contributed by atoms with van der Waals surface area (Å²) in [4.78, 5) is 0. The molecule has 2 atom stereocenters. The van der Waals surface area contributed by atoms with Crippen LogP contribution in [0.3, 0.4) is 0 Å². The van der Waals surface area contributed by atoms with E-state index < -0.39 is 0 Å². The molecule has 19 heavy (non-hydrogen) atoms. The standard InChI is InChI=1S/C16H27NO2/c1-5-12-18-14-8-10-15(11-9-14)19-13(4)16(6-2)17-7-3/h8-11,13,16-17H,5-7,12H2,1-4H3. The predicted molar refractivity (Wildman–Crippen MR) is 80.1 cm³/mol. The van der Waals surface area contributed by atoms with E-state index in [-0.39, 0.29) is 6.10 Å². The lowest BCUT2D eigenvalue weighted by atomic mass is 10.1. The zero-order valence-corrected chi connectivity index (χ0v) is 12.6. The molecule has 0 saturated carbocycles. The van der Waals surface area contributed by atoms with Gasteiger partial charge in [0.05, 0.1) is 6.61 Å². The Labute approximate surface area is 117 Å². The molecule has 1 N–H and O–H groups in total. The fourth-order valence-corrected chi connectivity index (χ4v) is 2.04. The molecular formula is C16H27NO2. The first-order chi connectivity index (χ1) is 9.21. The van der Waals surface area contributed by atoms with Gasteiger partial charge in [0.15, 0.2) is 0 Å². The van der Waals surface area contributed by atoms with Crippen LogP contribution in [0.4, 0.5) is 0 Å². The van der Waals surface area contributed by atoms with Crippen LogP contribution in [-0.2, 0) is 0 Å². The molecule has 0 saturated heterocycles. The van der Waals surface area contributed by atoms with E-state index in [2.05, 4.69) is 33.0 Å². The lowest BCUT2D eigenvalue weighted by molar-refractivity contribution is 0.168. The van der Waals surface area contributed by atoms with Gasteiger partial charge >= 0.3 is 0 Å². The van der Waals surface area contributed by atoms with Gasteiger partial charge < -0.3 is 14.8 Å². The Morgan fingerprint density at radius 3 is 2.21 bits per heavy atom. The topological polar surface area (TPSA) is 30.5 Å². The van der Waals surface area contributed by atoms with Crippen LogP contribution in [0.25, 0.3) is 0 Å². The first-order valence-electron chi connectivity index (χ1n) is 7.34. The minimum Gasteiger partial charge on any atom is -0.494 e. The summed E-state index contributed by atoms with van der Waals surface area (Å²) in [5, 5.41) is 3.44. The molecule has 108 valence electrons. The largest absolute Gasteiger partial charge is 0.494 e. The van der Waals surface area contributed by atoms with Gasteiger partial charge in [-0.15, -0.1) is 0 Å². The molecule has 1 aromatic carbocycles. The van der Waals surface area contributed by atoms with Crippen LogP contribution in [0.2, 0.25) is 0 Å². The van der Waals surface area contributed by atoms with Crippen molar-refractivity contribution in [3.8, 4) is 11.5 Å². The van der Waals surface area contributed by atoms with Crippen molar-refractivity contribution < 1.29 is 9.47 Å². The minimum atomic E-state index is 0.160. The van der Waals surface area contributed by atoms with Crippen LogP contribution < -0.4 is 14.8 Å². The third kappa shape index (κ3) is 5.52. The Hall–Kier alpha value is -1.22. The van der Waals surface area contributed by atoms with Crippen molar-refractivity contribution >= 4 is 0 Å². The van der Waals surface area contributed by atoms with E-state index in [0.29, 0.717) is 6.04 Å². The highest BCUT2D eigenvalue weighted by Gasteiger charge is 2.15. The molecule has 1 rings (SSSR count). The van der Waals surface area contributed by atoms with Gasteiger partial charge in [-0.1, -0.05) is 20.8 Å². The maximum atomic E-state index is 5.96. The monoisotopic (exact) mass is 265 g/mol. The van der Waals surface area contributed by atoms with Gasteiger partial charge in [0, 0.05) is 6.04 Å². The van der Waals surface area contributed by atoms with E-state index in [1.54, 1.807) is 0 Å². The van der Waals surface area contributed by atoms with Gasteiger partial charge in [0.1, 0.15) is 17.6 Å². The van der Waals surface area contributed by atoms with Crippen LogP contribution in [0.5, 0.6) is 11.5 Å². The smallest absolute Gasteiger partial charge is 0.120 e. The third-order valence-corrected chi connectivity index (χ3v) is 3.09. The number of hydrogen-bond donors (Lipinski definition) is 1. The first kappa shape index (κ1) is 15.8. The molecule has 0 heterocycles. The molecule has 2 unspecified atom stereocenters. The van der Waals surface area contributed by atoms with Crippen molar-refractivity contribution in [2.45, 2.75) is 52.7 Å². The summed E-state index contributed by atoms with van der Waals surface area (Å²) in [5.41, 5.74) is 0. The van der Waals surface area contributed by atoms with Crippen LogP contribution in [0.15, 0.2) is 24.3 Å². The van der Waals surface area contributed by atoms with E-state index in [1.165, 1.54) is 0 Å². The highest BCUT2D eigenvalue weighted by Crippen LogP contribution is 2.19. The number of rotatable bonds is 9. The quantitative estimate of drug-likeness (QED) is 0.739. The SMILES string of the molecule is CCCOc1ccc(OC(C)C(CC)NCC)cc1. The van der Waals surface area contributed by atoms with Gasteiger partial charge in [0.25, 0.3) is 0 Å². The Bertz CT molecular complexity index is 337. The maximum absolute atomic E-state index is 5.96. The average Bonchev–Trinajstić information content (AvgIpc) is 2.43. The Kier molecular flexibility index (Phi) is 7.34. The van der Waals surface area contributed by atoms with Crippen molar-refractivity contribution in [2.75, 3.05) is 13.2 Å². The van der Waals surface area contributed by atoms with Crippen molar-refractivity contribution in [3.05, 3.63) is 24.3 Å². The summed E-state index contributed by atoms with van der Waals surface area (Å²) in [6.45, 7) is 10.2. The summed E-state index contributed by atoms with van der Waals surface area (Å²) in [5.74, 6) is 1.80. The van der Waals surface area contributed by atoms with Crippen LogP contribution in [-0.4, -0.2) is 25.3 Å². The number of benzene rings is 1. The van der Waals surface area contributed by atoms with Gasteiger partial charge in [-0.05, 0) is 50.6 Å². The molecule has 0 aromatic heterocycles. The van der Waals surface area contributed by atoms with Crippen LogP contribution >= 0.6 is 0 Å². The summed E-state index contributed by atoms with van der Waals surface area (Å²) < 4.78 is 11.5. The molecular weight excluding hydrogens is 238 g/mol. The molecule has 0 fully saturated rings. The van der Waals surface area contributed by atoms with Gasteiger partial charge in [-0.25, -0.2) is 0 Å². The Balaban J connectivity index is 2.51. The Morgan fingerprint density at radius 2 is 1.68 bits per heavy atom. The average molecular weight is 265 g/mol. The van der Waals surface area contributed by atoms with Gasteiger partial charge in [-0.2, -0.15) is 0 Å². The lowest BCUT2D eigenvalue weighted by Crippen LogP contribution is -2.40. The van der Waals surface area contributed by atoms with E-state index in [0.717, 1.165) is 37.5 Å². The van der Waals surface area contributed by atoms with Crippen molar-refractivity contribution in [3.63, 3.8) is 0 Å². The minimum absolute atomic E-state index is 0.160. The third-order valence-electron chi connectivity index (χ3n) is 3.09. The molecule has 1 aromatic rings. The maximum Gasteiger partial charge on any atom is 0.120 e. The van der Waals surface area contributed by atoms with Crippen molar-refractivity contribution in [2.24, 2.45) is 0 Å². The number of likely N-dealkylation sites (N-methyl/N-ethyl adjacent to an activating group) is 1. The summed E-state index contributed by atoms with van der Waals surface area (Å²) >= 11 is 0. The molecule has 0 radical (unpaired) electrons. The molecule has 0 spiro atoms. The second-order valence-electron chi connectivity index (χ2n) is 4.72. The van der Waals surface area contributed by atoms with Crippen LogP contribution in [0, 0.1) is 0 Å². The van der Waals surface area contributed by atoms with E-state index >= 15 is 0 Å². The number of ether oxygens (including phenoxy) is 2. The summed E-state index contributed by atoms with van der Waals surface area (Å²) in [6, 6.07) is 8.26. The second kappa shape index (κ2) is 8.81. The predicted octanol–water partition coefficient (Wildman–Crippen LogP) is 3.63. The fourth-order valence-electron chi connectivity index (χ4n) is 2.04. The molecule has 0 aliphatic heterocycles. The zero-order chi connectivity index (χ0) is 14.1. The first-order valence-corrected chi connectivity index (χ1v) is 7.34. The lowest BCUT2D eigenvalue weighted by Gasteiger charge is -2.24. The summed E-state index contributed by atoms with van der Waals surface area (Å²) in [6.07, 6.45) is 2.25. The number of hydrogen-bond acceptors (Lipinski definition) is 3. The van der Waals surface area contributed by atoms with E-state index in [4.69, 9.17) is 9.47 Å². The summed E-state index contributed by atoms with van der Waals surface area (Å²) in [7, 11) is 0. The molecule has 0 bridgehead atoms. The second-order valence-corrected chi connectivity index (χ2v) is 4.72. The molecule has 3 heteroatoms. The molecule has 0 amide bonds. The highest BCUT2D eigenvalue weighted by atomic mass is 16.5. The Morgan fingerprint density at radius 1 is 1.05 bits per heavy atom. The van der Waals surface area contributed by atoms with E-state index in [9.17, 15) is 0 Å². The zero-order valence-electron chi connectivity index (χ0n) is 12.6. The molecule has 3 nitrogen and oxygen atoms in total. The molecule has 0 aliphatic carbocycles. The van der Waals surface area contributed by atoms with Gasteiger partial charge in [0.2, 0.25) is 0 Å². The van der Waals surface area contributed by atoms with Gasteiger partial charge in [-0.3, -0.25) is 0 Å². The number of nitrogens with one attached hydrogen (secondary N) is 1. The van der Waals surface area contributed by atoms with Crippen molar-refractivity contribution in [1.82, 2.24) is 5.32 Å². The normalized spacial score (nSPS) is 13.9. The highest BCUT2D eigenvalue weighted by molar-refractivity contribution is 5.31. The van der Waals surface area contributed by atoms with E-state index in [1.807, 2.05) is 24.3 Å². The molecule has 0 aliphatic rings. The van der Waals surface area contributed by atoms with Crippen LogP contribution in [0.1, 0.15) is 40.5 Å². The fraction of sp³-hybridized carbons (Fsp3) is 0.625.